The summed E-state index contributed by atoms with van der Waals surface area (Å²) in [5.41, 5.74) is 2.92. The molecule has 0 aliphatic carbocycles. The first-order valence-corrected chi connectivity index (χ1v) is 8.16. The number of nitrogens with zero attached hydrogens (tertiary/aromatic N) is 3. The highest BCUT2D eigenvalue weighted by atomic mass is 35.5. The van der Waals surface area contributed by atoms with Gasteiger partial charge in [-0.05, 0) is 31.9 Å². The van der Waals surface area contributed by atoms with Crippen molar-refractivity contribution in [3.05, 3.63) is 52.3 Å². The number of hydrogen-bond donors (Lipinski definition) is 1. The van der Waals surface area contributed by atoms with E-state index in [1.54, 1.807) is 4.68 Å². The molecule has 1 atom stereocenters. The van der Waals surface area contributed by atoms with Crippen molar-refractivity contribution in [1.29, 1.82) is 0 Å². The Balaban J connectivity index is 1.79. The fraction of sp³-hybridized carbons (Fsp3) is 0.412. The number of carboxylic acids is 1. The number of aryl methyl sites for hydroxylation is 1. The van der Waals surface area contributed by atoms with Gasteiger partial charge < -0.3 is 5.11 Å². The van der Waals surface area contributed by atoms with E-state index in [2.05, 4.69) is 5.10 Å². The van der Waals surface area contributed by atoms with E-state index in [0.717, 1.165) is 29.8 Å². The van der Waals surface area contributed by atoms with Gasteiger partial charge >= 0.3 is 5.97 Å². The lowest BCUT2D eigenvalue weighted by Gasteiger charge is -2.20. The minimum atomic E-state index is -0.757. The molecule has 1 aliphatic heterocycles. The lowest BCUT2D eigenvalue weighted by atomic mass is 10.2. The van der Waals surface area contributed by atoms with Gasteiger partial charge in [0.05, 0.1) is 12.2 Å². The molecule has 23 heavy (non-hydrogen) atoms. The van der Waals surface area contributed by atoms with Crippen LogP contribution < -0.4 is 0 Å². The SMILES string of the molecule is Cc1nn(Cc2ccccc2)c(Cl)c1CN1CCC[C@H]1C(=O)O. The highest BCUT2D eigenvalue weighted by Crippen LogP contribution is 2.26. The summed E-state index contributed by atoms with van der Waals surface area (Å²) in [4.78, 5) is 13.3. The van der Waals surface area contributed by atoms with Gasteiger partial charge in [-0.25, -0.2) is 4.68 Å². The number of carbonyl (C=O) groups is 1. The van der Waals surface area contributed by atoms with Crippen molar-refractivity contribution in [2.75, 3.05) is 6.54 Å². The number of rotatable bonds is 5. The number of halogens is 1. The zero-order chi connectivity index (χ0) is 16.4. The molecule has 0 amide bonds. The summed E-state index contributed by atoms with van der Waals surface area (Å²) in [6.07, 6.45) is 1.61. The van der Waals surface area contributed by atoms with Crippen LogP contribution in [-0.4, -0.2) is 38.3 Å². The van der Waals surface area contributed by atoms with Gasteiger partial charge in [0.15, 0.2) is 0 Å². The van der Waals surface area contributed by atoms with Crippen LogP contribution in [0.4, 0.5) is 0 Å². The maximum atomic E-state index is 11.3. The molecule has 0 saturated carbocycles. The molecule has 2 aromatic rings. The third-order valence-corrected chi connectivity index (χ3v) is 4.79. The van der Waals surface area contributed by atoms with Crippen molar-refractivity contribution in [3.8, 4) is 0 Å². The van der Waals surface area contributed by atoms with Gasteiger partial charge in [0.1, 0.15) is 11.2 Å². The summed E-state index contributed by atoms with van der Waals surface area (Å²) in [5.74, 6) is -0.757. The van der Waals surface area contributed by atoms with E-state index in [0.29, 0.717) is 24.7 Å². The maximum Gasteiger partial charge on any atom is 0.320 e. The van der Waals surface area contributed by atoms with Gasteiger partial charge in [0, 0.05) is 12.1 Å². The first-order valence-electron chi connectivity index (χ1n) is 7.79. The average Bonchev–Trinajstić information content (AvgIpc) is 3.09. The molecule has 1 fully saturated rings. The van der Waals surface area contributed by atoms with Gasteiger partial charge in [-0.1, -0.05) is 41.9 Å². The third-order valence-electron chi connectivity index (χ3n) is 4.37. The summed E-state index contributed by atoms with van der Waals surface area (Å²) < 4.78 is 1.79. The Morgan fingerprint density at radius 3 is 2.78 bits per heavy atom. The van der Waals surface area contributed by atoms with Crippen molar-refractivity contribution < 1.29 is 9.90 Å². The van der Waals surface area contributed by atoms with Crippen molar-refractivity contribution >= 4 is 17.6 Å². The van der Waals surface area contributed by atoms with Crippen LogP contribution in [0.15, 0.2) is 30.3 Å². The number of likely N-dealkylation sites (tertiary alicyclic amines) is 1. The van der Waals surface area contributed by atoms with Gasteiger partial charge in [0.2, 0.25) is 0 Å². The summed E-state index contributed by atoms with van der Waals surface area (Å²) in [6, 6.07) is 9.61. The predicted octanol–water partition coefficient (Wildman–Crippen LogP) is 2.94. The molecule has 0 radical (unpaired) electrons. The molecule has 5 nitrogen and oxygen atoms in total. The van der Waals surface area contributed by atoms with E-state index in [-0.39, 0.29) is 0 Å². The molecule has 0 spiro atoms. The van der Waals surface area contributed by atoms with Crippen molar-refractivity contribution in [2.24, 2.45) is 0 Å². The topological polar surface area (TPSA) is 58.4 Å². The quantitative estimate of drug-likeness (QED) is 0.914. The van der Waals surface area contributed by atoms with Crippen molar-refractivity contribution in [1.82, 2.24) is 14.7 Å². The Kier molecular flexibility index (Phi) is 4.68. The molecule has 1 aromatic carbocycles. The largest absolute Gasteiger partial charge is 0.480 e. The van der Waals surface area contributed by atoms with Crippen LogP contribution >= 0.6 is 11.6 Å². The zero-order valence-electron chi connectivity index (χ0n) is 13.1. The smallest absolute Gasteiger partial charge is 0.320 e. The molecule has 3 rings (SSSR count). The van der Waals surface area contributed by atoms with E-state index in [9.17, 15) is 9.90 Å². The number of aromatic nitrogens is 2. The number of hydrogen-bond acceptors (Lipinski definition) is 3. The number of carboxylic acid groups (broad SMARTS) is 1. The van der Waals surface area contributed by atoms with Gasteiger partial charge in [0.25, 0.3) is 0 Å². The molecule has 1 N–H and O–H groups in total. The molecule has 2 heterocycles. The van der Waals surface area contributed by atoms with Crippen LogP contribution in [0, 0.1) is 6.92 Å². The van der Waals surface area contributed by atoms with Crippen molar-refractivity contribution in [2.45, 2.75) is 38.9 Å². The molecule has 1 saturated heterocycles. The second-order valence-corrected chi connectivity index (χ2v) is 6.32. The molecule has 0 bridgehead atoms. The van der Waals surface area contributed by atoms with Crippen molar-refractivity contribution in [3.63, 3.8) is 0 Å². The predicted molar refractivity (Wildman–Crippen MR) is 88.6 cm³/mol. The summed E-state index contributed by atoms with van der Waals surface area (Å²) in [6.45, 7) is 3.87. The fourth-order valence-electron chi connectivity index (χ4n) is 3.13. The first-order chi connectivity index (χ1) is 11.1. The maximum absolute atomic E-state index is 11.3. The zero-order valence-corrected chi connectivity index (χ0v) is 13.8. The van der Waals surface area contributed by atoms with Crippen LogP contribution in [0.1, 0.15) is 29.7 Å². The van der Waals surface area contributed by atoms with Crippen LogP contribution in [0.25, 0.3) is 0 Å². The van der Waals surface area contributed by atoms with Gasteiger partial charge in [-0.15, -0.1) is 0 Å². The molecule has 1 aliphatic rings. The molecule has 122 valence electrons. The van der Waals surface area contributed by atoms with Gasteiger partial charge in [-0.2, -0.15) is 5.10 Å². The van der Waals surface area contributed by atoms with E-state index < -0.39 is 12.0 Å². The Labute approximate surface area is 140 Å². The summed E-state index contributed by atoms with van der Waals surface area (Å²) in [5, 5.41) is 14.4. The van der Waals surface area contributed by atoms with E-state index in [1.807, 2.05) is 42.2 Å². The second kappa shape index (κ2) is 6.72. The number of aliphatic carboxylic acids is 1. The Morgan fingerprint density at radius 1 is 1.35 bits per heavy atom. The van der Waals surface area contributed by atoms with E-state index >= 15 is 0 Å². The average molecular weight is 334 g/mol. The van der Waals surface area contributed by atoms with Crippen LogP contribution in [0.2, 0.25) is 5.15 Å². The molecule has 1 aromatic heterocycles. The van der Waals surface area contributed by atoms with Crippen LogP contribution in [0.5, 0.6) is 0 Å². The van der Waals surface area contributed by atoms with Crippen LogP contribution in [0.3, 0.4) is 0 Å². The molecular formula is C17H20ClN3O2. The standard InChI is InChI=1S/C17H20ClN3O2/c1-12-14(11-20-9-5-8-15(20)17(22)23)16(18)21(19-12)10-13-6-3-2-4-7-13/h2-4,6-7,15H,5,8-11H2,1H3,(H,22,23)/t15-/m0/s1. The minimum absolute atomic E-state index is 0.414. The fourth-order valence-corrected chi connectivity index (χ4v) is 3.42. The highest BCUT2D eigenvalue weighted by Gasteiger charge is 2.31. The Hall–Kier alpha value is -1.85. The lowest BCUT2D eigenvalue weighted by Crippen LogP contribution is -2.35. The minimum Gasteiger partial charge on any atom is -0.480 e. The molecular weight excluding hydrogens is 314 g/mol. The summed E-state index contributed by atoms with van der Waals surface area (Å²) in [7, 11) is 0. The molecule has 0 unspecified atom stereocenters. The van der Waals surface area contributed by atoms with E-state index in [4.69, 9.17) is 11.6 Å². The first kappa shape index (κ1) is 16.0. The highest BCUT2D eigenvalue weighted by molar-refractivity contribution is 6.30. The summed E-state index contributed by atoms with van der Waals surface area (Å²) >= 11 is 6.51. The molecule has 6 heteroatoms. The van der Waals surface area contributed by atoms with E-state index in [1.165, 1.54) is 0 Å². The third kappa shape index (κ3) is 3.41. The normalized spacial score (nSPS) is 18.4. The Morgan fingerprint density at radius 2 is 2.09 bits per heavy atom. The monoisotopic (exact) mass is 333 g/mol. The second-order valence-electron chi connectivity index (χ2n) is 5.96. The van der Waals surface area contributed by atoms with Gasteiger partial charge in [-0.3, -0.25) is 9.69 Å². The van der Waals surface area contributed by atoms with Crippen LogP contribution in [-0.2, 0) is 17.9 Å². The Bertz CT molecular complexity index is 699. The number of benzene rings is 1. The lowest BCUT2D eigenvalue weighted by molar-refractivity contribution is -0.142.